The monoisotopic (exact) mass is 627 g/mol. The summed E-state index contributed by atoms with van der Waals surface area (Å²) in [5.74, 6) is -0.310. The highest BCUT2D eigenvalue weighted by Gasteiger charge is 2.48. The Morgan fingerprint density at radius 2 is 1.76 bits per heavy atom. The number of likely N-dealkylation sites (tertiary alicyclic amines) is 1. The number of carbonyl (C=O) groups is 2. The Hall–Kier alpha value is -4.06. The van der Waals surface area contributed by atoms with E-state index in [0.717, 1.165) is 29.9 Å². The van der Waals surface area contributed by atoms with E-state index in [-0.39, 0.29) is 30.9 Å². The van der Waals surface area contributed by atoms with Crippen molar-refractivity contribution in [2.75, 3.05) is 69.7 Å². The fourth-order valence-electron chi connectivity index (χ4n) is 6.43. The van der Waals surface area contributed by atoms with Gasteiger partial charge in [0.1, 0.15) is 5.54 Å². The summed E-state index contributed by atoms with van der Waals surface area (Å²) in [5, 5.41) is 7.10. The third kappa shape index (κ3) is 7.11. The number of amides is 2. The molecule has 3 aliphatic heterocycles. The zero-order valence-electron chi connectivity index (χ0n) is 25.7. The van der Waals surface area contributed by atoms with Gasteiger partial charge in [0.15, 0.2) is 5.11 Å². The lowest BCUT2D eigenvalue weighted by Crippen LogP contribution is -2.64. The first-order chi connectivity index (χ1) is 21.9. The number of nitrogens with zero attached hydrogens (tertiary/aromatic N) is 5. The van der Waals surface area contributed by atoms with Gasteiger partial charge in [0, 0.05) is 63.0 Å². The van der Waals surface area contributed by atoms with Gasteiger partial charge in [0.05, 0.1) is 25.8 Å². The second-order valence-electron chi connectivity index (χ2n) is 12.1. The van der Waals surface area contributed by atoms with Gasteiger partial charge in [-0.05, 0) is 73.6 Å². The molecule has 6 rings (SSSR count). The van der Waals surface area contributed by atoms with Crippen molar-refractivity contribution in [1.82, 2.24) is 25.0 Å². The molecular weight excluding hydrogens is 586 g/mol. The highest BCUT2D eigenvalue weighted by molar-refractivity contribution is 7.80. The zero-order valence-corrected chi connectivity index (χ0v) is 26.5. The second kappa shape index (κ2) is 13.9. The normalized spacial score (nSPS) is 20.0. The summed E-state index contributed by atoms with van der Waals surface area (Å²) in [7, 11) is 2.05. The van der Waals surface area contributed by atoms with Crippen molar-refractivity contribution in [3.8, 4) is 0 Å². The van der Waals surface area contributed by atoms with Gasteiger partial charge in [-0.2, -0.15) is 0 Å². The fourth-order valence-corrected chi connectivity index (χ4v) is 6.71. The number of benzene rings is 2. The minimum absolute atomic E-state index is 0.000651. The summed E-state index contributed by atoms with van der Waals surface area (Å²) in [6.07, 6.45) is 4.51. The van der Waals surface area contributed by atoms with E-state index in [1.807, 2.05) is 59.5 Å². The van der Waals surface area contributed by atoms with Crippen molar-refractivity contribution >= 4 is 40.5 Å². The number of rotatable bonds is 9. The number of carbonyl (C=O) groups excluding carboxylic acids is 2. The molecule has 2 amide bonds. The van der Waals surface area contributed by atoms with E-state index < -0.39 is 5.54 Å². The standard InChI is InChI=1S/C34H41N7O3S/c1-38-16-13-34(14-17-38,32(43)36-28-9-11-29(12-10-28)39-18-20-44-21-19-39)41(23-26-6-5-15-35-22-26)31(42)25-40-24-30(37-33(40)45)27-7-3-2-4-8-27/h2-12,15,22,30H,13-14,16-21,23-25H2,1H3,(H,36,43)(H,37,45)/t30-/m0/s1. The maximum absolute atomic E-state index is 14.4. The summed E-state index contributed by atoms with van der Waals surface area (Å²) in [6, 6.07) is 21.9. The van der Waals surface area contributed by atoms with Gasteiger partial charge in [-0.3, -0.25) is 14.6 Å². The SMILES string of the molecule is CN1CCC(C(=O)Nc2ccc(N3CCOCC3)cc2)(N(Cc2cccnc2)C(=O)CN2C[C@@H](c3ccccc3)NC2=S)CC1. The molecule has 2 aromatic carbocycles. The maximum Gasteiger partial charge on any atom is 0.250 e. The van der Waals surface area contributed by atoms with Crippen LogP contribution in [0.3, 0.4) is 0 Å². The molecule has 11 heteroatoms. The number of thiocarbonyl (C=S) groups is 1. The molecule has 236 valence electrons. The number of pyridine rings is 1. The molecule has 3 saturated heterocycles. The van der Waals surface area contributed by atoms with Crippen LogP contribution in [-0.4, -0.2) is 102 Å². The molecule has 1 aromatic heterocycles. The van der Waals surface area contributed by atoms with E-state index in [9.17, 15) is 9.59 Å². The Balaban J connectivity index is 1.25. The number of morpholine rings is 1. The molecule has 3 aromatic rings. The summed E-state index contributed by atoms with van der Waals surface area (Å²) in [4.78, 5) is 41.3. The van der Waals surface area contributed by atoms with E-state index in [0.29, 0.717) is 56.5 Å². The highest BCUT2D eigenvalue weighted by atomic mass is 32.1. The van der Waals surface area contributed by atoms with Crippen LogP contribution in [0.4, 0.5) is 11.4 Å². The lowest BCUT2D eigenvalue weighted by atomic mass is 9.83. The van der Waals surface area contributed by atoms with Crippen LogP contribution in [0.25, 0.3) is 0 Å². The Labute approximate surface area is 270 Å². The molecule has 0 bridgehead atoms. The van der Waals surface area contributed by atoms with Crippen LogP contribution < -0.4 is 15.5 Å². The molecule has 0 spiro atoms. The largest absolute Gasteiger partial charge is 0.378 e. The second-order valence-corrected chi connectivity index (χ2v) is 12.5. The van der Waals surface area contributed by atoms with Gasteiger partial charge in [-0.15, -0.1) is 0 Å². The summed E-state index contributed by atoms with van der Waals surface area (Å²) >= 11 is 5.69. The van der Waals surface area contributed by atoms with Crippen molar-refractivity contribution in [2.24, 2.45) is 0 Å². The Morgan fingerprint density at radius 3 is 2.44 bits per heavy atom. The van der Waals surface area contributed by atoms with Crippen molar-refractivity contribution in [3.63, 3.8) is 0 Å². The average Bonchev–Trinajstić information content (AvgIpc) is 3.45. The van der Waals surface area contributed by atoms with Crippen molar-refractivity contribution < 1.29 is 14.3 Å². The van der Waals surface area contributed by atoms with Gasteiger partial charge in [-0.1, -0.05) is 36.4 Å². The topological polar surface area (TPSA) is 93.3 Å². The van der Waals surface area contributed by atoms with E-state index in [2.05, 4.69) is 44.6 Å². The zero-order chi connectivity index (χ0) is 31.2. The lowest BCUT2D eigenvalue weighted by molar-refractivity contribution is -0.149. The maximum atomic E-state index is 14.4. The van der Waals surface area contributed by atoms with E-state index in [1.165, 1.54) is 0 Å². The molecule has 0 saturated carbocycles. The average molecular weight is 628 g/mol. The molecule has 0 unspecified atom stereocenters. The van der Waals surface area contributed by atoms with Crippen molar-refractivity contribution in [1.29, 1.82) is 0 Å². The van der Waals surface area contributed by atoms with Gasteiger partial charge in [-0.25, -0.2) is 0 Å². The molecule has 2 N–H and O–H groups in total. The molecule has 0 radical (unpaired) electrons. The van der Waals surface area contributed by atoms with Gasteiger partial charge in [0.2, 0.25) is 11.8 Å². The van der Waals surface area contributed by atoms with Gasteiger partial charge < -0.3 is 35.0 Å². The fraction of sp³-hybridized carbons (Fsp3) is 0.412. The number of hydrogen-bond donors (Lipinski definition) is 2. The van der Waals surface area contributed by atoms with Crippen LogP contribution in [0.1, 0.15) is 30.0 Å². The third-order valence-electron chi connectivity index (χ3n) is 9.14. The predicted octanol–water partition coefficient (Wildman–Crippen LogP) is 3.28. The summed E-state index contributed by atoms with van der Waals surface area (Å²) < 4.78 is 5.49. The number of ether oxygens (including phenoxy) is 1. The molecule has 3 fully saturated rings. The van der Waals surface area contributed by atoms with E-state index >= 15 is 0 Å². The lowest BCUT2D eigenvalue weighted by Gasteiger charge is -2.47. The third-order valence-corrected chi connectivity index (χ3v) is 9.51. The molecule has 3 aliphatic rings. The number of nitrogens with one attached hydrogen (secondary N) is 2. The smallest absolute Gasteiger partial charge is 0.250 e. The van der Waals surface area contributed by atoms with E-state index in [4.69, 9.17) is 17.0 Å². The Bertz CT molecular complexity index is 1460. The highest BCUT2D eigenvalue weighted by Crippen LogP contribution is 2.33. The van der Waals surface area contributed by atoms with Gasteiger partial charge in [0.25, 0.3) is 0 Å². The van der Waals surface area contributed by atoms with Crippen LogP contribution in [0.15, 0.2) is 79.1 Å². The van der Waals surface area contributed by atoms with Crippen molar-refractivity contribution in [2.45, 2.75) is 31.0 Å². The van der Waals surface area contributed by atoms with Crippen LogP contribution >= 0.6 is 12.2 Å². The first kappa shape index (κ1) is 30.9. The molecular formula is C34H41N7O3S. The first-order valence-corrected chi connectivity index (χ1v) is 16.0. The summed E-state index contributed by atoms with van der Waals surface area (Å²) in [6.45, 7) is 5.42. The van der Waals surface area contributed by atoms with Crippen LogP contribution in [0, 0.1) is 0 Å². The van der Waals surface area contributed by atoms with E-state index in [1.54, 1.807) is 17.3 Å². The summed E-state index contributed by atoms with van der Waals surface area (Å²) in [5.41, 5.74) is 2.75. The van der Waals surface area contributed by atoms with Gasteiger partial charge >= 0.3 is 0 Å². The van der Waals surface area contributed by atoms with Crippen LogP contribution in [0.5, 0.6) is 0 Å². The molecule has 45 heavy (non-hydrogen) atoms. The number of aromatic nitrogens is 1. The number of piperidine rings is 1. The Kier molecular flexibility index (Phi) is 9.58. The number of anilines is 2. The van der Waals surface area contributed by atoms with Crippen LogP contribution in [-0.2, 0) is 20.9 Å². The Morgan fingerprint density at radius 1 is 1.02 bits per heavy atom. The molecule has 1 atom stereocenters. The molecule has 4 heterocycles. The van der Waals surface area contributed by atoms with Crippen LogP contribution in [0.2, 0.25) is 0 Å². The predicted molar refractivity (Wildman–Crippen MR) is 179 cm³/mol. The molecule has 10 nitrogen and oxygen atoms in total. The molecule has 0 aliphatic carbocycles. The minimum atomic E-state index is -1.05. The quantitative estimate of drug-likeness (QED) is 0.347. The minimum Gasteiger partial charge on any atom is -0.378 e. The number of hydrogen-bond acceptors (Lipinski definition) is 7. The first-order valence-electron chi connectivity index (χ1n) is 15.6. The van der Waals surface area contributed by atoms with Crippen molar-refractivity contribution in [3.05, 3.63) is 90.3 Å².